The Morgan fingerprint density at radius 2 is 1.86 bits per heavy atom. The molecule has 0 aromatic carbocycles. The summed E-state index contributed by atoms with van der Waals surface area (Å²) < 4.78 is 2.25. The van der Waals surface area contributed by atoms with E-state index >= 15 is 0 Å². The second-order valence-electron chi connectivity index (χ2n) is 6.99. The Balaban J connectivity index is 1.63. The van der Waals surface area contributed by atoms with Gasteiger partial charge in [-0.1, -0.05) is 39.0 Å². The third kappa shape index (κ3) is 3.88. The van der Waals surface area contributed by atoms with E-state index in [0.29, 0.717) is 12.1 Å². The van der Waals surface area contributed by atoms with Crippen LogP contribution in [0.15, 0.2) is 12.3 Å². The van der Waals surface area contributed by atoms with Crippen molar-refractivity contribution in [2.45, 2.75) is 83.2 Å². The number of hydrogen-bond acceptors (Lipinski definition) is 2. The molecule has 2 atom stereocenters. The van der Waals surface area contributed by atoms with Crippen LogP contribution in [-0.4, -0.2) is 22.4 Å². The highest BCUT2D eigenvalue weighted by Gasteiger charge is 2.24. The predicted molar refractivity (Wildman–Crippen MR) is 87.5 cm³/mol. The first kappa shape index (κ1) is 15.1. The predicted octanol–water partition coefficient (Wildman–Crippen LogP) is 4.10. The first-order chi connectivity index (χ1) is 10.4. The van der Waals surface area contributed by atoms with Crippen LogP contribution in [0, 0.1) is 5.92 Å². The van der Waals surface area contributed by atoms with E-state index in [1.165, 1.54) is 63.5 Å². The van der Waals surface area contributed by atoms with Gasteiger partial charge < -0.3 is 5.32 Å². The lowest BCUT2D eigenvalue weighted by atomic mass is 9.90. The number of rotatable bonds is 5. The fourth-order valence-electron chi connectivity index (χ4n) is 4.29. The van der Waals surface area contributed by atoms with Gasteiger partial charge >= 0.3 is 0 Å². The molecule has 0 aliphatic heterocycles. The minimum Gasteiger partial charge on any atom is -0.314 e. The van der Waals surface area contributed by atoms with Crippen LogP contribution in [0.3, 0.4) is 0 Å². The topological polar surface area (TPSA) is 29.9 Å². The van der Waals surface area contributed by atoms with E-state index < -0.39 is 0 Å². The highest BCUT2D eigenvalue weighted by Crippen LogP contribution is 2.30. The number of nitrogens with one attached hydrogen (secondary N) is 1. The molecule has 2 fully saturated rings. The molecule has 2 aliphatic carbocycles. The Kier molecular flexibility index (Phi) is 5.34. The second-order valence-corrected chi connectivity index (χ2v) is 6.99. The first-order valence-corrected chi connectivity index (χ1v) is 9.14. The minimum absolute atomic E-state index is 0.678. The van der Waals surface area contributed by atoms with Gasteiger partial charge in [0.1, 0.15) is 0 Å². The summed E-state index contributed by atoms with van der Waals surface area (Å²) >= 11 is 0. The summed E-state index contributed by atoms with van der Waals surface area (Å²) in [6.45, 7) is 3.33. The molecule has 0 spiro atoms. The monoisotopic (exact) mass is 289 g/mol. The van der Waals surface area contributed by atoms with E-state index in [9.17, 15) is 0 Å². The lowest BCUT2D eigenvalue weighted by Gasteiger charge is -2.25. The molecular weight excluding hydrogens is 258 g/mol. The smallest absolute Gasteiger partial charge is 0.0628 e. The Bertz CT molecular complexity index is 420. The molecule has 0 bridgehead atoms. The highest BCUT2D eigenvalue weighted by molar-refractivity contribution is 5.03. The Morgan fingerprint density at radius 1 is 1.10 bits per heavy atom. The maximum Gasteiger partial charge on any atom is 0.0628 e. The molecule has 1 N–H and O–H groups in total. The Labute approximate surface area is 129 Å². The molecule has 2 unspecified atom stereocenters. The zero-order valence-corrected chi connectivity index (χ0v) is 13.6. The molecular formula is C18H31N3. The zero-order chi connectivity index (χ0) is 14.5. The minimum atomic E-state index is 0.678. The summed E-state index contributed by atoms with van der Waals surface area (Å²) in [6, 6.07) is 3.65. The molecule has 3 rings (SSSR count). The standard InChI is InChI=1S/C18H31N3/c1-2-19-18-11-5-3-4-8-15(18)14-16-12-13-21(20-16)17-9-6-7-10-17/h12-13,15,17-19H,2-11,14H2,1H3. The van der Waals surface area contributed by atoms with Crippen molar-refractivity contribution in [2.24, 2.45) is 5.92 Å². The number of aromatic nitrogens is 2. The van der Waals surface area contributed by atoms with Crippen molar-refractivity contribution in [2.75, 3.05) is 6.54 Å². The fraction of sp³-hybridized carbons (Fsp3) is 0.833. The van der Waals surface area contributed by atoms with Gasteiger partial charge in [-0.25, -0.2) is 0 Å². The van der Waals surface area contributed by atoms with Gasteiger partial charge in [-0.15, -0.1) is 0 Å². The quantitative estimate of drug-likeness (QED) is 0.827. The zero-order valence-electron chi connectivity index (χ0n) is 13.6. The van der Waals surface area contributed by atoms with Crippen LogP contribution in [0.2, 0.25) is 0 Å². The van der Waals surface area contributed by atoms with Gasteiger partial charge in [0.25, 0.3) is 0 Å². The average Bonchev–Trinajstić information content (AvgIpc) is 3.11. The van der Waals surface area contributed by atoms with Crippen molar-refractivity contribution in [1.82, 2.24) is 15.1 Å². The van der Waals surface area contributed by atoms with Crippen molar-refractivity contribution in [3.05, 3.63) is 18.0 Å². The molecule has 0 radical (unpaired) electrons. The summed E-state index contributed by atoms with van der Waals surface area (Å²) in [5, 5.41) is 8.62. The van der Waals surface area contributed by atoms with Crippen molar-refractivity contribution in [3.8, 4) is 0 Å². The normalized spacial score (nSPS) is 27.9. The van der Waals surface area contributed by atoms with Crippen LogP contribution in [0.4, 0.5) is 0 Å². The first-order valence-electron chi connectivity index (χ1n) is 9.14. The summed E-state index contributed by atoms with van der Waals surface area (Å²) in [7, 11) is 0. The highest BCUT2D eigenvalue weighted by atomic mass is 15.3. The molecule has 1 aromatic heterocycles. The van der Waals surface area contributed by atoms with Gasteiger partial charge in [-0.05, 0) is 50.6 Å². The van der Waals surface area contributed by atoms with Crippen LogP contribution in [0.1, 0.15) is 76.4 Å². The fourth-order valence-corrected chi connectivity index (χ4v) is 4.29. The molecule has 2 aliphatic rings. The van der Waals surface area contributed by atoms with Gasteiger partial charge in [0.15, 0.2) is 0 Å². The van der Waals surface area contributed by atoms with Gasteiger partial charge in [0, 0.05) is 12.2 Å². The van der Waals surface area contributed by atoms with Crippen molar-refractivity contribution in [1.29, 1.82) is 0 Å². The van der Waals surface area contributed by atoms with Gasteiger partial charge in [0.05, 0.1) is 11.7 Å². The molecule has 0 amide bonds. The maximum absolute atomic E-state index is 4.90. The van der Waals surface area contributed by atoms with E-state index in [1.807, 2.05) is 0 Å². The Hall–Kier alpha value is -0.830. The van der Waals surface area contributed by atoms with E-state index in [1.54, 1.807) is 0 Å². The SMILES string of the molecule is CCNC1CCCCCC1Cc1ccn(C2CCCC2)n1. The summed E-state index contributed by atoms with van der Waals surface area (Å²) in [5.41, 5.74) is 1.32. The number of hydrogen-bond donors (Lipinski definition) is 1. The third-order valence-corrected chi connectivity index (χ3v) is 5.46. The van der Waals surface area contributed by atoms with Crippen molar-refractivity contribution >= 4 is 0 Å². The molecule has 21 heavy (non-hydrogen) atoms. The van der Waals surface area contributed by atoms with E-state index in [4.69, 9.17) is 5.10 Å². The molecule has 1 heterocycles. The summed E-state index contributed by atoms with van der Waals surface area (Å²) in [4.78, 5) is 0. The van der Waals surface area contributed by atoms with E-state index in [0.717, 1.165) is 18.9 Å². The largest absolute Gasteiger partial charge is 0.314 e. The van der Waals surface area contributed by atoms with E-state index in [-0.39, 0.29) is 0 Å². The van der Waals surface area contributed by atoms with E-state index in [2.05, 4.69) is 29.2 Å². The van der Waals surface area contributed by atoms with Crippen LogP contribution in [0.25, 0.3) is 0 Å². The maximum atomic E-state index is 4.90. The second kappa shape index (κ2) is 7.44. The van der Waals surface area contributed by atoms with Crippen LogP contribution in [-0.2, 0) is 6.42 Å². The molecule has 3 heteroatoms. The summed E-state index contributed by atoms with van der Waals surface area (Å²) in [6.07, 6.45) is 15.7. The molecule has 2 saturated carbocycles. The molecule has 118 valence electrons. The molecule has 0 saturated heterocycles. The average molecular weight is 289 g/mol. The van der Waals surface area contributed by atoms with Crippen LogP contribution in [0.5, 0.6) is 0 Å². The third-order valence-electron chi connectivity index (χ3n) is 5.46. The van der Waals surface area contributed by atoms with Gasteiger partial charge in [0.2, 0.25) is 0 Å². The molecule has 1 aromatic rings. The molecule has 3 nitrogen and oxygen atoms in total. The van der Waals surface area contributed by atoms with Gasteiger partial charge in [-0.2, -0.15) is 5.10 Å². The van der Waals surface area contributed by atoms with Crippen molar-refractivity contribution in [3.63, 3.8) is 0 Å². The lowest BCUT2D eigenvalue weighted by molar-refractivity contribution is 0.333. The lowest BCUT2D eigenvalue weighted by Crippen LogP contribution is -2.36. The van der Waals surface area contributed by atoms with Crippen LogP contribution >= 0.6 is 0 Å². The van der Waals surface area contributed by atoms with Gasteiger partial charge in [-0.3, -0.25) is 4.68 Å². The summed E-state index contributed by atoms with van der Waals surface area (Å²) in [5.74, 6) is 0.777. The van der Waals surface area contributed by atoms with Crippen LogP contribution < -0.4 is 5.32 Å². The van der Waals surface area contributed by atoms with Crippen molar-refractivity contribution < 1.29 is 0 Å². The Morgan fingerprint density at radius 3 is 2.67 bits per heavy atom. The number of nitrogens with zero attached hydrogens (tertiary/aromatic N) is 2.